The van der Waals surface area contributed by atoms with Crippen LogP contribution < -0.4 is 10.5 Å². The highest BCUT2D eigenvalue weighted by Crippen LogP contribution is 2.48. The quantitative estimate of drug-likeness (QED) is 0.426. The van der Waals surface area contributed by atoms with Crippen molar-refractivity contribution in [3.8, 4) is 5.75 Å². The number of amides is 1. The highest BCUT2D eigenvalue weighted by atomic mass is 16.5. The summed E-state index contributed by atoms with van der Waals surface area (Å²) in [5, 5.41) is 20.6. The molecule has 5 atom stereocenters. The molecule has 5 nitrogen and oxygen atoms in total. The number of hydrogen-bond acceptors (Lipinski definition) is 4. The Kier molecular flexibility index (Phi) is 7.29. The number of rotatable bonds is 10. The summed E-state index contributed by atoms with van der Waals surface area (Å²) in [6.45, 7) is 0.195. The average molecular weight is 386 g/mol. The maximum Gasteiger partial charge on any atom is 0.217 e. The predicted octanol–water partition coefficient (Wildman–Crippen LogP) is 2.97. The van der Waals surface area contributed by atoms with Gasteiger partial charge in [0.05, 0.1) is 6.10 Å². The van der Waals surface area contributed by atoms with E-state index in [0.29, 0.717) is 18.3 Å². The zero-order valence-corrected chi connectivity index (χ0v) is 16.2. The van der Waals surface area contributed by atoms with Gasteiger partial charge in [0.15, 0.2) is 0 Å². The highest BCUT2D eigenvalue weighted by molar-refractivity contribution is 5.73. The van der Waals surface area contributed by atoms with Gasteiger partial charge in [-0.1, -0.05) is 42.0 Å². The van der Waals surface area contributed by atoms with Gasteiger partial charge in [0, 0.05) is 12.3 Å². The molecule has 0 aromatic heterocycles. The summed E-state index contributed by atoms with van der Waals surface area (Å²) in [4.78, 5) is 10.8. The fourth-order valence-electron chi connectivity index (χ4n) is 4.45. The molecule has 2 aliphatic rings. The van der Waals surface area contributed by atoms with Gasteiger partial charge in [0.2, 0.25) is 5.91 Å². The molecule has 1 aromatic rings. The number of aliphatic hydroxyl groups is 2. The zero-order valence-electron chi connectivity index (χ0n) is 16.2. The van der Waals surface area contributed by atoms with E-state index in [1.54, 1.807) is 6.08 Å². The van der Waals surface area contributed by atoms with Gasteiger partial charge < -0.3 is 20.7 Å². The first-order chi connectivity index (χ1) is 13.5. The number of primary amides is 1. The van der Waals surface area contributed by atoms with Crippen LogP contribution in [-0.4, -0.2) is 34.9 Å². The Balaban J connectivity index is 1.45. The Morgan fingerprint density at radius 1 is 1.29 bits per heavy atom. The van der Waals surface area contributed by atoms with Crippen LogP contribution in [0, 0.1) is 17.8 Å². The number of nitrogens with two attached hydrogens (primary N) is 1. The minimum atomic E-state index is -0.700. The lowest BCUT2D eigenvalue weighted by Crippen LogP contribution is -2.19. The lowest BCUT2D eigenvalue weighted by Gasteiger charge is -2.19. The molecule has 152 valence electrons. The Bertz CT molecular complexity index is 700. The molecule has 1 amide bonds. The Labute approximate surface area is 166 Å². The van der Waals surface area contributed by atoms with Crippen molar-refractivity contribution >= 4 is 5.91 Å². The summed E-state index contributed by atoms with van der Waals surface area (Å²) >= 11 is 0. The molecule has 2 aliphatic carbocycles. The topological polar surface area (TPSA) is 92.8 Å². The average Bonchev–Trinajstić information content (AvgIpc) is 3.19. The molecule has 0 radical (unpaired) electrons. The molecule has 0 heterocycles. The number of para-hydroxylation sites is 1. The van der Waals surface area contributed by atoms with Gasteiger partial charge in [-0.25, -0.2) is 0 Å². The Morgan fingerprint density at radius 2 is 2.07 bits per heavy atom. The van der Waals surface area contributed by atoms with Crippen molar-refractivity contribution in [3.05, 3.63) is 54.1 Å². The summed E-state index contributed by atoms with van der Waals surface area (Å²) in [6.07, 6.45) is 10.0. The smallest absolute Gasteiger partial charge is 0.217 e. The van der Waals surface area contributed by atoms with E-state index in [1.165, 1.54) is 5.57 Å². The number of carbonyl (C=O) groups is 1. The minimum Gasteiger partial charge on any atom is -0.491 e. The van der Waals surface area contributed by atoms with Gasteiger partial charge in [-0.05, 0) is 56.1 Å². The first-order valence-corrected chi connectivity index (χ1v) is 10.2. The SMILES string of the molecule is NC(=O)CCCCC1=C[C@H]2C[C@@H](O)[C@H](C=C[C@@H](O)COc3ccccc3)[C@H]2C1. The van der Waals surface area contributed by atoms with Gasteiger partial charge in [0.25, 0.3) is 0 Å². The summed E-state index contributed by atoms with van der Waals surface area (Å²) in [6, 6.07) is 9.42. The zero-order chi connectivity index (χ0) is 19.9. The standard InChI is InChI=1S/C23H31NO4/c24-23(27)9-5-4-6-16-12-17-14-22(26)20(21(17)13-16)11-10-18(25)15-28-19-7-2-1-3-8-19/h1-3,7-8,10-12,17-18,20-22,25-26H,4-6,9,13-15H2,(H2,24,27)/t17-,18+,20+,21-,22+/m0/s1. The maximum atomic E-state index is 10.8. The third kappa shape index (κ3) is 5.69. The van der Waals surface area contributed by atoms with E-state index in [-0.39, 0.29) is 24.5 Å². The molecule has 0 aliphatic heterocycles. The first-order valence-electron chi connectivity index (χ1n) is 10.2. The maximum absolute atomic E-state index is 10.8. The number of unbranched alkanes of at least 4 members (excludes halogenated alkanes) is 1. The number of carbonyl (C=O) groups excluding carboxylic acids is 1. The molecule has 0 bridgehead atoms. The summed E-state index contributed by atoms with van der Waals surface area (Å²) in [7, 11) is 0. The monoisotopic (exact) mass is 385 g/mol. The molecule has 0 spiro atoms. The van der Waals surface area contributed by atoms with Crippen molar-refractivity contribution in [2.45, 2.75) is 50.7 Å². The molecule has 0 saturated heterocycles. The molecule has 1 aromatic carbocycles. The van der Waals surface area contributed by atoms with Gasteiger partial charge in [-0.15, -0.1) is 0 Å². The van der Waals surface area contributed by atoms with E-state index in [4.69, 9.17) is 10.5 Å². The largest absolute Gasteiger partial charge is 0.491 e. The number of aliphatic hydroxyl groups excluding tert-OH is 2. The van der Waals surface area contributed by atoms with E-state index in [2.05, 4.69) is 6.08 Å². The van der Waals surface area contributed by atoms with E-state index in [9.17, 15) is 15.0 Å². The van der Waals surface area contributed by atoms with Crippen molar-refractivity contribution in [3.63, 3.8) is 0 Å². The van der Waals surface area contributed by atoms with E-state index < -0.39 is 6.10 Å². The second kappa shape index (κ2) is 9.89. The number of benzene rings is 1. The van der Waals surface area contributed by atoms with Crippen molar-refractivity contribution in [2.75, 3.05) is 6.61 Å². The highest BCUT2D eigenvalue weighted by Gasteiger charge is 2.43. The van der Waals surface area contributed by atoms with Gasteiger partial charge >= 0.3 is 0 Å². The lowest BCUT2D eigenvalue weighted by molar-refractivity contribution is -0.118. The third-order valence-corrected chi connectivity index (χ3v) is 5.84. The fourth-order valence-corrected chi connectivity index (χ4v) is 4.45. The number of ether oxygens (including phenoxy) is 1. The molecule has 1 fully saturated rings. The van der Waals surface area contributed by atoms with Crippen LogP contribution in [0.15, 0.2) is 54.1 Å². The lowest BCUT2D eigenvalue weighted by atomic mass is 9.88. The van der Waals surface area contributed by atoms with Crippen LogP contribution in [0.3, 0.4) is 0 Å². The van der Waals surface area contributed by atoms with Crippen LogP contribution in [0.25, 0.3) is 0 Å². The first kappa shape index (κ1) is 20.6. The van der Waals surface area contributed by atoms with Crippen LogP contribution in [0.1, 0.15) is 38.5 Å². The molecule has 0 unspecified atom stereocenters. The number of allylic oxidation sites excluding steroid dienone is 2. The third-order valence-electron chi connectivity index (χ3n) is 5.84. The van der Waals surface area contributed by atoms with Crippen molar-refractivity contribution < 1.29 is 19.7 Å². The number of fused-ring (bicyclic) bond motifs is 1. The van der Waals surface area contributed by atoms with Crippen LogP contribution in [0.4, 0.5) is 0 Å². The van der Waals surface area contributed by atoms with Crippen molar-refractivity contribution in [1.29, 1.82) is 0 Å². The summed E-state index contributed by atoms with van der Waals surface area (Å²) in [5.41, 5.74) is 6.62. The van der Waals surface area contributed by atoms with Crippen molar-refractivity contribution in [1.82, 2.24) is 0 Å². The second-order valence-electron chi connectivity index (χ2n) is 7.99. The van der Waals surface area contributed by atoms with Crippen LogP contribution in [0.2, 0.25) is 0 Å². The van der Waals surface area contributed by atoms with Crippen LogP contribution >= 0.6 is 0 Å². The van der Waals surface area contributed by atoms with Crippen LogP contribution in [-0.2, 0) is 4.79 Å². The van der Waals surface area contributed by atoms with Crippen molar-refractivity contribution in [2.24, 2.45) is 23.5 Å². The molecule has 28 heavy (non-hydrogen) atoms. The molecule has 5 heteroatoms. The predicted molar refractivity (Wildman–Crippen MR) is 109 cm³/mol. The molecular weight excluding hydrogens is 354 g/mol. The van der Waals surface area contributed by atoms with Gasteiger partial charge in [0.1, 0.15) is 18.5 Å². The van der Waals surface area contributed by atoms with E-state index >= 15 is 0 Å². The summed E-state index contributed by atoms with van der Waals surface area (Å²) in [5.74, 6) is 1.38. The molecular formula is C23H31NO4. The normalized spacial score (nSPS) is 27.6. The molecule has 4 N–H and O–H groups in total. The van der Waals surface area contributed by atoms with E-state index in [1.807, 2.05) is 36.4 Å². The molecule has 1 saturated carbocycles. The van der Waals surface area contributed by atoms with E-state index in [0.717, 1.165) is 37.9 Å². The molecule has 3 rings (SSSR count). The van der Waals surface area contributed by atoms with Gasteiger partial charge in [-0.2, -0.15) is 0 Å². The fraction of sp³-hybridized carbons (Fsp3) is 0.522. The minimum absolute atomic E-state index is 0.0655. The Hall–Kier alpha value is -2.11. The van der Waals surface area contributed by atoms with Crippen LogP contribution in [0.5, 0.6) is 5.75 Å². The van der Waals surface area contributed by atoms with Gasteiger partial charge in [-0.3, -0.25) is 4.79 Å². The Morgan fingerprint density at radius 3 is 2.82 bits per heavy atom. The summed E-state index contributed by atoms with van der Waals surface area (Å²) < 4.78 is 5.58. The second-order valence-corrected chi connectivity index (χ2v) is 7.99. The number of hydrogen-bond donors (Lipinski definition) is 3.